The molecule has 4 amide bonds. The van der Waals surface area contributed by atoms with Crippen LogP contribution in [-0.2, 0) is 21.4 Å². The first-order valence-corrected chi connectivity index (χ1v) is 20.3. The predicted octanol–water partition coefficient (Wildman–Crippen LogP) is 4.58. The van der Waals surface area contributed by atoms with Gasteiger partial charge < -0.3 is 24.4 Å². The van der Waals surface area contributed by atoms with Crippen LogP contribution in [0.1, 0.15) is 84.1 Å². The van der Waals surface area contributed by atoms with Crippen LogP contribution in [0.4, 0.5) is 17.5 Å². The lowest BCUT2D eigenvalue weighted by atomic mass is 9.87. The molecule has 2 N–H and O–H groups in total. The van der Waals surface area contributed by atoms with Gasteiger partial charge in [-0.3, -0.25) is 39.0 Å². The van der Waals surface area contributed by atoms with Gasteiger partial charge in [0.25, 0.3) is 17.4 Å². The van der Waals surface area contributed by atoms with E-state index in [1.807, 2.05) is 30.3 Å². The van der Waals surface area contributed by atoms with E-state index in [9.17, 15) is 28.8 Å². The Hall–Kier alpha value is -5.67. The number of aromatic nitrogens is 3. The quantitative estimate of drug-likeness (QED) is 0.202. The predicted molar refractivity (Wildman–Crippen MR) is 217 cm³/mol. The fourth-order valence-electron chi connectivity index (χ4n) is 8.50. The molecular formula is C42H45ClN8O7. The molecule has 3 fully saturated rings. The number of benzene rings is 2. The molecule has 4 aromatic rings. The topological polar surface area (TPSA) is 176 Å². The summed E-state index contributed by atoms with van der Waals surface area (Å²) in [6.45, 7) is 6.09. The molecule has 4 aliphatic heterocycles. The Morgan fingerprint density at radius 1 is 0.931 bits per heavy atom. The van der Waals surface area contributed by atoms with E-state index in [1.54, 1.807) is 32.3 Å². The summed E-state index contributed by atoms with van der Waals surface area (Å²) in [6, 6.07) is 11.7. The number of carbonyl (C=O) groups excluding carboxylic acids is 5. The lowest BCUT2D eigenvalue weighted by molar-refractivity contribution is -0.136. The maximum Gasteiger partial charge on any atom is 0.293 e. The van der Waals surface area contributed by atoms with Crippen LogP contribution in [0.5, 0.6) is 5.75 Å². The first-order chi connectivity index (χ1) is 28.0. The van der Waals surface area contributed by atoms with E-state index in [1.165, 1.54) is 4.57 Å². The average Bonchev–Trinajstić information content (AvgIpc) is 3.47. The normalized spacial score (nSPS) is 19.5. The second kappa shape index (κ2) is 16.3. The Kier molecular flexibility index (Phi) is 11.0. The lowest BCUT2D eigenvalue weighted by Gasteiger charge is -2.38. The van der Waals surface area contributed by atoms with Crippen LogP contribution in [0.2, 0.25) is 5.02 Å². The van der Waals surface area contributed by atoms with E-state index in [-0.39, 0.29) is 42.5 Å². The molecule has 3 saturated heterocycles. The molecule has 2 aromatic carbocycles. The van der Waals surface area contributed by atoms with E-state index >= 15 is 0 Å². The SMILES string of the molecule is CCC(=O)COc1cc2cc(Nc3nc(N4CCC(CN5CCC(c6ccc7c(c6)C(=O)N(C6CCC(=O)NC6=O)C7=O)CC5)CC4)ncc3Cl)ccc2n(C)c1=O. The highest BCUT2D eigenvalue weighted by Gasteiger charge is 2.45. The zero-order chi connectivity index (χ0) is 40.7. The number of piperidine rings is 3. The number of halogens is 1. The number of ether oxygens (including phenoxy) is 1. The minimum atomic E-state index is -0.972. The standard InChI is InChI=1S/C42H45ClN8O7/c1-3-29(52)23-58-35-20-27-18-28(5-7-33(27)48(2)41(35)57)45-37-32(43)21-44-42(47-37)50-16-10-24(11-17-50)22-49-14-12-25(13-15-49)26-4-6-30-31(19-26)40(56)51(39(30)55)34-8-9-36(53)46-38(34)54/h4-7,18-21,24-25,34H,3,8-17,22-23H2,1-2H3,(H,44,45,47)(H,46,53,54). The fourth-order valence-corrected chi connectivity index (χ4v) is 8.64. The third-order valence-electron chi connectivity index (χ3n) is 11.9. The Balaban J connectivity index is 0.842. The molecule has 302 valence electrons. The highest BCUT2D eigenvalue weighted by molar-refractivity contribution is 6.33. The molecule has 0 bridgehead atoms. The van der Waals surface area contributed by atoms with Gasteiger partial charge in [-0.25, -0.2) is 4.98 Å². The number of pyridine rings is 1. The van der Waals surface area contributed by atoms with Crippen LogP contribution in [0, 0.1) is 5.92 Å². The van der Waals surface area contributed by atoms with E-state index in [4.69, 9.17) is 21.3 Å². The first-order valence-electron chi connectivity index (χ1n) is 19.9. The van der Waals surface area contributed by atoms with Crippen LogP contribution in [0.15, 0.2) is 53.5 Å². The largest absolute Gasteiger partial charge is 0.480 e. The monoisotopic (exact) mass is 808 g/mol. The summed E-state index contributed by atoms with van der Waals surface area (Å²) in [7, 11) is 1.67. The van der Waals surface area contributed by atoms with E-state index in [0.717, 1.165) is 74.3 Å². The van der Waals surface area contributed by atoms with Gasteiger partial charge in [-0.1, -0.05) is 24.6 Å². The Bertz CT molecular complexity index is 2390. The minimum absolute atomic E-state index is 0.0902. The number of nitrogens with zero attached hydrogens (tertiary/aromatic N) is 6. The smallest absolute Gasteiger partial charge is 0.293 e. The van der Waals surface area contributed by atoms with Crippen LogP contribution in [0.3, 0.4) is 0 Å². The van der Waals surface area contributed by atoms with Crippen molar-refractivity contribution in [3.8, 4) is 5.75 Å². The van der Waals surface area contributed by atoms with Gasteiger partial charge in [-0.05, 0) is 99.0 Å². The van der Waals surface area contributed by atoms with Gasteiger partial charge in [0.15, 0.2) is 17.4 Å². The number of carbonyl (C=O) groups is 5. The summed E-state index contributed by atoms with van der Waals surface area (Å²) in [5, 5.41) is 6.68. The number of hydrogen-bond acceptors (Lipinski definition) is 12. The number of rotatable bonds is 11. The molecular weight excluding hydrogens is 764 g/mol. The van der Waals surface area contributed by atoms with Crippen LogP contribution in [0.25, 0.3) is 10.9 Å². The maximum atomic E-state index is 13.4. The van der Waals surface area contributed by atoms with E-state index < -0.39 is 29.7 Å². The van der Waals surface area contributed by atoms with Crippen molar-refractivity contribution < 1.29 is 28.7 Å². The molecule has 4 aliphatic rings. The number of ketones is 1. The molecule has 6 heterocycles. The number of Topliss-reactive ketones (excluding diaryl/α,β-unsaturated/α-hetero) is 1. The maximum absolute atomic E-state index is 13.4. The number of amides is 4. The molecule has 16 heteroatoms. The van der Waals surface area contributed by atoms with Crippen molar-refractivity contribution in [2.24, 2.45) is 13.0 Å². The number of hydrogen-bond donors (Lipinski definition) is 2. The first kappa shape index (κ1) is 39.2. The zero-order valence-corrected chi connectivity index (χ0v) is 33.2. The highest BCUT2D eigenvalue weighted by Crippen LogP contribution is 2.35. The average molecular weight is 809 g/mol. The lowest BCUT2D eigenvalue weighted by Crippen LogP contribution is -2.54. The molecule has 1 atom stereocenters. The summed E-state index contributed by atoms with van der Waals surface area (Å²) in [5.74, 6) is -0.0772. The zero-order valence-electron chi connectivity index (χ0n) is 32.5. The summed E-state index contributed by atoms with van der Waals surface area (Å²) in [5.41, 5.74) is 2.78. The third-order valence-corrected chi connectivity index (χ3v) is 12.2. The third kappa shape index (κ3) is 7.80. The Labute approximate surface area is 339 Å². The summed E-state index contributed by atoms with van der Waals surface area (Å²) in [4.78, 5) is 90.3. The van der Waals surface area contributed by atoms with Gasteiger partial charge >= 0.3 is 0 Å². The molecule has 0 radical (unpaired) electrons. The Morgan fingerprint density at radius 2 is 1.69 bits per heavy atom. The van der Waals surface area contributed by atoms with Crippen molar-refractivity contribution in [3.05, 3.63) is 80.7 Å². The highest BCUT2D eigenvalue weighted by atomic mass is 35.5. The number of likely N-dealkylation sites (tertiary alicyclic amines) is 1. The van der Waals surface area contributed by atoms with Gasteiger partial charge in [0.05, 0.1) is 22.8 Å². The second-order valence-corrected chi connectivity index (χ2v) is 16.0. The van der Waals surface area contributed by atoms with Crippen molar-refractivity contribution in [2.45, 2.75) is 63.8 Å². The van der Waals surface area contributed by atoms with Gasteiger partial charge in [0, 0.05) is 50.6 Å². The van der Waals surface area contributed by atoms with Crippen molar-refractivity contribution in [1.82, 2.24) is 29.7 Å². The summed E-state index contributed by atoms with van der Waals surface area (Å²) >= 11 is 6.56. The molecule has 0 saturated carbocycles. The summed E-state index contributed by atoms with van der Waals surface area (Å²) in [6.07, 6.45) is 6.03. The molecule has 15 nitrogen and oxygen atoms in total. The van der Waals surface area contributed by atoms with Crippen molar-refractivity contribution in [3.63, 3.8) is 0 Å². The molecule has 8 rings (SSSR count). The van der Waals surface area contributed by atoms with Crippen LogP contribution >= 0.6 is 11.6 Å². The number of imide groups is 2. The summed E-state index contributed by atoms with van der Waals surface area (Å²) < 4.78 is 7.06. The van der Waals surface area contributed by atoms with Gasteiger partial charge in [-0.2, -0.15) is 4.98 Å². The second-order valence-electron chi connectivity index (χ2n) is 15.6. The number of anilines is 3. The number of aryl methyl sites for hydroxylation is 1. The molecule has 0 aliphatic carbocycles. The molecule has 58 heavy (non-hydrogen) atoms. The van der Waals surface area contributed by atoms with Crippen LogP contribution < -0.4 is 25.8 Å². The van der Waals surface area contributed by atoms with Crippen LogP contribution in [-0.4, -0.2) is 99.1 Å². The van der Waals surface area contributed by atoms with Gasteiger partial charge in [0.2, 0.25) is 17.8 Å². The molecule has 2 aromatic heterocycles. The van der Waals surface area contributed by atoms with Crippen molar-refractivity contribution in [2.75, 3.05) is 49.5 Å². The minimum Gasteiger partial charge on any atom is -0.480 e. The van der Waals surface area contributed by atoms with E-state index in [2.05, 4.69) is 25.4 Å². The molecule has 1 unspecified atom stereocenters. The van der Waals surface area contributed by atoms with Gasteiger partial charge in [0.1, 0.15) is 17.7 Å². The molecule has 0 spiro atoms. The van der Waals surface area contributed by atoms with E-state index in [0.29, 0.717) is 51.5 Å². The Morgan fingerprint density at radius 3 is 2.43 bits per heavy atom. The fraction of sp³-hybridized carbons (Fsp3) is 0.429. The van der Waals surface area contributed by atoms with Crippen molar-refractivity contribution >= 4 is 69.4 Å². The van der Waals surface area contributed by atoms with Crippen molar-refractivity contribution in [1.29, 1.82) is 0 Å². The van der Waals surface area contributed by atoms with Gasteiger partial charge in [-0.15, -0.1) is 0 Å². The number of nitrogens with one attached hydrogen (secondary N) is 2. The number of fused-ring (bicyclic) bond motifs is 2.